The fourth-order valence-electron chi connectivity index (χ4n) is 1.77. The number of carbonyl (C=O) groups excluding carboxylic acids is 2. The van der Waals surface area contributed by atoms with Gasteiger partial charge < -0.3 is 0 Å². The Morgan fingerprint density at radius 2 is 1.80 bits per heavy atom. The largest absolute Gasteiger partial charge is 0.297 e. The molecule has 0 saturated heterocycles. The smallest absolute Gasteiger partial charge is 0.267 e. The van der Waals surface area contributed by atoms with Crippen molar-refractivity contribution in [2.75, 3.05) is 5.75 Å². The Morgan fingerprint density at radius 3 is 2.40 bits per heavy atom. The van der Waals surface area contributed by atoms with E-state index in [2.05, 4.69) is 16.2 Å². The third kappa shape index (κ3) is 5.62. The average Bonchev–Trinajstić information content (AvgIpc) is 3.07. The van der Waals surface area contributed by atoms with Crippen LogP contribution in [0.1, 0.15) is 15.2 Å². The van der Waals surface area contributed by atoms with Crippen LogP contribution in [0.4, 0.5) is 0 Å². The van der Waals surface area contributed by atoms with Crippen molar-refractivity contribution in [1.82, 2.24) is 16.2 Å². The topological polar surface area (TPSA) is 104 Å². The summed E-state index contributed by atoms with van der Waals surface area (Å²) in [5.41, 5.74) is 5.36. The van der Waals surface area contributed by atoms with Gasteiger partial charge >= 0.3 is 0 Å². The Morgan fingerprint density at radius 1 is 1.12 bits per heavy atom. The van der Waals surface area contributed by atoms with Crippen molar-refractivity contribution in [2.24, 2.45) is 0 Å². The summed E-state index contributed by atoms with van der Waals surface area (Å²) in [5, 5.41) is 3.97. The fraction of sp³-hybridized carbons (Fsp3) is 0.133. The lowest BCUT2D eigenvalue weighted by Gasteiger charge is -2.10. The molecule has 25 heavy (non-hydrogen) atoms. The van der Waals surface area contributed by atoms with Gasteiger partial charge in [0.15, 0.2) is 14.9 Å². The van der Waals surface area contributed by atoms with Crippen LogP contribution >= 0.6 is 23.6 Å². The predicted octanol–water partition coefficient (Wildman–Crippen LogP) is 1.17. The molecular weight excluding hydrogens is 382 g/mol. The van der Waals surface area contributed by atoms with Gasteiger partial charge in [-0.05, 0) is 42.7 Å². The molecular formula is C15H15N3O4S3. The third-order valence-electron chi connectivity index (χ3n) is 2.99. The van der Waals surface area contributed by atoms with Crippen molar-refractivity contribution in [2.45, 2.75) is 11.8 Å². The number of carbonyl (C=O) groups is 2. The Kier molecular flexibility index (Phi) is 6.23. The summed E-state index contributed by atoms with van der Waals surface area (Å²) in [7, 11) is -3.76. The van der Waals surface area contributed by atoms with Gasteiger partial charge in [-0.3, -0.25) is 25.8 Å². The van der Waals surface area contributed by atoms with Crippen LogP contribution in [0.5, 0.6) is 0 Å². The molecule has 1 aromatic heterocycles. The molecule has 3 N–H and O–H groups in total. The van der Waals surface area contributed by atoms with Crippen molar-refractivity contribution in [1.29, 1.82) is 0 Å². The Labute approximate surface area is 154 Å². The number of sulfone groups is 1. The summed E-state index contributed by atoms with van der Waals surface area (Å²) >= 11 is 6.11. The van der Waals surface area contributed by atoms with E-state index in [0.29, 0.717) is 4.88 Å². The highest BCUT2D eigenvalue weighted by atomic mass is 32.2. The average molecular weight is 398 g/mol. The van der Waals surface area contributed by atoms with Gasteiger partial charge in [-0.2, -0.15) is 0 Å². The van der Waals surface area contributed by atoms with Gasteiger partial charge in [0.2, 0.25) is 0 Å². The van der Waals surface area contributed by atoms with Gasteiger partial charge in [-0.1, -0.05) is 23.8 Å². The highest BCUT2D eigenvalue weighted by molar-refractivity contribution is 7.92. The first kappa shape index (κ1) is 19.0. The van der Waals surface area contributed by atoms with Gasteiger partial charge in [-0.15, -0.1) is 11.3 Å². The molecule has 0 aliphatic heterocycles. The molecule has 0 fully saturated rings. The molecule has 0 aliphatic carbocycles. The van der Waals surface area contributed by atoms with E-state index in [-0.39, 0.29) is 10.0 Å². The first-order valence-corrected chi connectivity index (χ1v) is 9.95. The molecule has 7 nitrogen and oxygen atoms in total. The zero-order chi connectivity index (χ0) is 18.4. The number of hydrogen-bond donors (Lipinski definition) is 3. The number of benzene rings is 1. The summed E-state index contributed by atoms with van der Waals surface area (Å²) in [6.07, 6.45) is 0. The minimum atomic E-state index is -3.76. The van der Waals surface area contributed by atoms with E-state index >= 15 is 0 Å². The van der Waals surface area contributed by atoms with Crippen LogP contribution in [0, 0.1) is 6.92 Å². The minimum Gasteiger partial charge on any atom is -0.297 e. The summed E-state index contributed by atoms with van der Waals surface area (Å²) in [6.45, 7) is 1.83. The number of thiocarbonyl (C=S) groups is 1. The highest BCUT2D eigenvalue weighted by Crippen LogP contribution is 2.11. The molecule has 0 bridgehead atoms. The van der Waals surface area contributed by atoms with E-state index in [9.17, 15) is 18.0 Å². The van der Waals surface area contributed by atoms with Gasteiger partial charge in [0.05, 0.1) is 9.77 Å². The maximum Gasteiger partial charge on any atom is 0.267 e. The van der Waals surface area contributed by atoms with Crippen LogP contribution in [0.2, 0.25) is 0 Å². The van der Waals surface area contributed by atoms with Crippen LogP contribution in [-0.4, -0.2) is 31.1 Å². The zero-order valence-corrected chi connectivity index (χ0v) is 15.6. The molecule has 2 amide bonds. The molecule has 1 heterocycles. The molecule has 132 valence electrons. The number of nitrogens with one attached hydrogen (secondary N) is 3. The van der Waals surface area contributed by atoms with Crippen LogP contribution in [0.25, 0.3) is 0 Å². The number of hydrogen-bond acceptors (Lipinski definition) is 6. The van der Waals surface area contributed by atoms with Crippen LogP contribution in [0.15, 0.2) is 46.7 Å². The van der Waals surface area contributed by atoms with E-state index in [1.807, 2.05) is 6.92 Å². The van der Waals surface area contributed by atoms with E-state index in [0.717, 1.165) is 5.56 Å². The van der Waals surface area contributed by atoms with Gasteiger partial charge in [0, 0.05) is 0 Å². The Bertz CT molecular complexity index is 875. The van der Waals surface area contributed by atoms with E-state index < -0.39 is 27.4 Å². The number of hydrazine groups is 1. The molecule has 2 rings (SSSR count). The highest BCUT2D eigenvalue weighted by Gasteiger charge is 2.19. The molecule has 10 heteroatoms. The van der Waals surface area contributed by atoms with Crippen molar-refractivity contribution < 1.29 is 18.0 Å². The second-order valence-electron chi connectivity index (χ2n) is 5.01. The van der Waals surface area contributed by atoms with Crippen LogP contribution in [0.3, 0.4) is 0 Å². The van der Waals surface area contributed by atoms with Gasteiger partial charge in [0.25, 0.3) is 11.8 Å². The first-order chi connectivity index (χ1) is 11.8. The van der Waals surface area contributed by atoms with Crippen molar-refractivity contribution in [3.8, 4) is 0 Å². The third-order valence-corrected chi connectivity index (χ3v) is 5.69. The molecule has 0 radical (unpaired) electrons. The maximum atomic E-state index is 12.1. The van der Waals surface area contributed by atoms with E-state index in [4.69, 9.17) is 12.2 Å². The number of amides is 2. The molecule has 0 atom stereocenters. The summed E-state index contributed by atoms with van der Waals surface area (Å²) in [5.74, 6) is -1.97. The number of aryl methyl sites for hydroxylation is 1. The van der Waals surface area contributed by atoms with Crippen molar-refractivity contribution in [3.05, 3.63) is 52.2 Å². The maximum absolute atomic E-state index is 12.1. The standard InChI is InChI=1S/C15H15N3O4S3/c1-10-4-6-11(7-5-10)25(21,22)9-13(19)17-18-15(23)16-14(20)12-3-2-8-24-12/h2-8H,9H2,1H3,(H,17,19)(H2,16,18,20,23). The van der Waals surface area contributed by atoms with Crippen LogP contribution < -0.4 is 16.2 Å². The van der Waals surface area contributed by atoms with Gasteiger partial charge in [-0.25, -0.2) is 8.42 Å². The number of thiophene rings is 1. The number of rotatable bonds is 4. The molecule has 0 aliphatic rings. The first-order valence-electron chi connectivity index (χ1n) is 7.01. The fourth-order valence-corrected chi connectivity index (χ4v) is 3.67. The van der Waals surface area contributed by atoms with Gasteiger partial charge in [0.1, 0.15) is 5.75 Å². The predicted molar refractivity (Wildman–Crippen MR) is 98.9 cm³/mol. The summed E-state index contributed by atoms with van der Waals surface area (Å²) in [4.78, 5) is 24.1. The molecule has 0 saturated carbocycles. The molecule has 0 unspecified atom stereocenters. The Hall–Kier alpha value is -2.30. The quantitative estimate of drug-likeness (QED) is 0.528. The molecule has 2 aromatic rings. The molecule has 0 spiro atoms. The Balaban J connectivity index is 1.84. The second kappa shape index (κ2) is 8.19. The molecule has 1 aromatic carbocycles. The SMILES string of the molecule is Cc1ccc(S(=O)(=O)CC(=O)NNC(=S)NC(=O)c2cccs2)cc1. The van der Waals surface area contributed by atoms with Crippen molar-refractivity contribution >= 4 is 50.3 Å². The summed E-state index contributed by atoms with van der Waals surface area (Å²) < 4.78 is 24.3. The van der Waals surface area contributed by atoms with Crippen LogP contribution in [-0.2, 0) is 14.6 Å². The second-order valence-corrected chi connectivity index (χ2v) is 8.35. The minimum absolute atomic E-state index is 0.0572. The van der Waals surface area contributed by atoms with E-state index in [1.54, 1.807) is 29.6 Å². The zero-order valence-electron chi connectivity index (χ0n) is 13.1. The lowest BCUT2D eigenvalue weighted by molar-refractivity contribution is -0.119. The van der Waals surface area contributed by atoms with E-state index in [1.165, 1.54) is 23.5 Å². The lowest BCUT2D eigenvalue weighted by atomic mass is 10.2. The summed E-state index contributed by atoms with van der Waals surface area (Å²) in [6, 6.07) is 9.52. The lowest BCUT2D eigenvalue weighted by Crippen LogP contribution is -2.49. The van der Waals surface area contributed by atoms with Crippen molar-refractivity contribution in [3.63, 3.8) is 0 Å². The monoisotopic (exact) mass is 397 g/mol. The normalized spacial score (nSPS) is 10.8.